The smallest absolute Gasteiger partial charge is 0.122 e. The highest BCUT2D eigenvalue weighted by Gasteiger charge is 2.39. The third-order valence-electron chi connectivity index (χ3n) is 5.02. The molecule has 3 nitrogen and oxygen atoms in total. The molecule has 19 heavy (non-hydrogen) atoms. The SMILES string of the molecule is COc1ccccc1C(CN)C1CN2CCC1CC2. The number of rotatable bonds is 4. The molecule has 2 N–H and O–H groups in total. The van der Waals surface area contributed by atoms with Crippen molar-refractivity contribution in [2.45, 2.75) is 18.8 Å². The van der Waals surface area contributed by atoms with E-state index in [0.717, 1.165) is 18.2 Å². The number of hydrogen-bond donors (Lipinski definition) is 1. The van der Waals surface area contributed by atoms with E-state index < -0.39 is 0 Å². The normalized spacial score (nSPS) is 31.2. The van der Waals surface area contributed by atoms with Gasteiger partial charge in [-0.1, -0.05) is 18.2 Å². The number of fused-ring (bicyclic) bond motifs is 3. The number of ether oxygens (including phenoxy) is 1. The maximum atomic E-state index is 6.12. The van der Waals surface area contributed by atoms with Crippen LogP contribution in [0.2, 0.25) is 0 Å². The standard InChI is InChI=1S/C16H24N2O/c1-19-16-5-3-2-4-13(16)14(10-17)15-11-18-8-6-12(15)7-9-18/h2-5,12,14-15H,6-11,17H2,1H3. The van der Waals surface area contributed by atoms with E-state index in [4.69, 9.17) is 10.5 Å². The lowest BCUT2D eigenvalue weighted by Gasteiger charge is -2.47. The van der Waals surface area contributed by atoms with Crippen LogP contribution in [0, 0.1) is 11.8 Å². The van der Waals surface area contributed by atoms with Crippen molar-refractivity contribution in [3.8, 4) is 5.75 Å². The van der Waals surface area contributed by atoms with Crippen LogP contribution in [-0.4, -0.2) is 38.2 Å². The second kappa shape index (κ2) is 5.51. The molecule has 0 spiro atoms. The number of hydrogen-bond acceptors (Lipinski definition) is 3. The molecule has 2 bridgehead atoms. The van der Waals surface area contributed by atoms with E-state index in [-0.39, 0.29) is 0 Å². The van der Waals surface area contributed by atoms with Crippen LogP contribution in [0.3, 0.4) is 0 Å². The molecule has 2 atom stereocenters. The van der Waals surface area contributed by atoms with Crippen LogP contribution in [0.4, 0.5) is 0 Å². The van der Waals surface area contributed by atoms with Crippen LogP contribution in [0.15, 0.2) is 24.3 Å². The van der Waals surface area contributed by atoms with Crippen LogP contribution >= 0.6 is 0 Å². The van der Waals surface area contributed by atoms with Gasteiger partial charge in [-0.3, -0.25) is 0 Å². The Morgan fingerprint density at radius 1 is 1.32 bits per heavy atom. The zero-order chi connectivity index (χ0) is 13.2. The van der Waals surface area contributed by atoms with Gasteiger partial charge < -0.3 is 15.4 Å². The fourth-order valence-corrected chi connectivity index (χ4v) is 3.97. The molecule has 0 amide bonds. The van der Waals surface area contributed by atoms with E-state index in [1.165, 1.54) is 38.0 Å². The number of para-hydroxylation sites is 1. The summed E-state index contributed by atoms with van der Waals surface area (Å²) < 4.78 is 5.53. The van der Waals surface area contributed by atoms with Gasteiger partial charge in [0.15, 0.2) is 0 Å². The van der Waals surface area contributed by atoms with Gasteiger partial charge in [-0.25, -0.2) is 0 Å². The number of methoxy groups -OCH3 is 1. The molecular formula is C16H24N2O. The Bertz CT molecular complexity index is 427. The molecule has 1 aromatic rings. The van der Waals surface area contributed by atoms with Gasteiger partial charge in [-0.2, -0.15) is 0 Å². The third kappa shape index (κ3) is 2.37. The summed E-state index contributed by atoms with van der Waals surface area (Å²) in [6.07, 6.45) is 2.69. The third-order valence-corrected chi connectivity index (χ3v) is 5.02. The maximum absolute atomic E-state index is 6.12. The first-order valence-corrected chi connectivity index (χ1v) is 7.38. The van der Waals surface area contributed by atoms with Gasteiger partial charge in [0.2, 0.25) is 0 Å². The van der Waals surface area contributed by atoms with Crippen LogP contribution in [0.5, 0.6) is 5.75 Å². The van der Waals surface area contributed by atoms with Gasteiger partial charge in [0, 0.05) is 12.5 Å². The van der Waals surface area contributed by atoms with Crippen LogP contribution < -0.4 is 10.5 Å². The zero-order valence-electron chi connectivity index (χ0n) is 11.7. The molecule has 0 aromatic heterocycles. The lowest BCUT2D eigenvalue weighted by atomic mass is 9.70. The Morgan fingerprint density at radius 3 is 2.63 bits per heavy atom. The predicted molar refractivity (Wildman–Crippen MR) is 77.4 cm³/mol. The molecule has 3 heteroatoms. The van der Waals surface area contributed by atoms with Crippen molar-refractivity contribution in [2.24, 2.45) is 17.6 Å². The molecule has 0 saturated carbocycles. The fraction of sp³-hybridized carbons (Fsp3) is 0.625. The van der Waals surface area contributed by atoms with Crippen molar-refractivity contribution in [1.82, 2.24) is 4.90 Å². The van der Waals surface area contributed by atoms with Gasteiger partial charge in [0.05, 0.1) is 7.11 Å². The molecule has 3 saturated heterocycles. The molecule has 3 heterocycles. The first-order valence-electron chi connectivity index (χ1n) is 7.38. The molecule has 4 rings (SSSR count). The Kier molecular flexibility index (Phi) is 3.76. The Morgan fingerprint density at radius 2 is 2.05 bits per heavy atom. The number of nitrogens with two attached hydrogens (primary N) is 1. The second-order valence-corrected chi connectivity index (χ2v) is 5.89. The summed E-state index contributed by atoms with van der Waals surface area (Å²) in [7, 11) is 1.75. The second-order valence-electron chi connectivity index (χ2n) is 5.89. The summed E-state index contributed by atoms with van der Waals surface area (Å²) in [5.74, 6) is 2.98. The molecule has 2 unspecified atom stereocenters. The summed E-state index contributed by atoms with van der Waals surface area (Å²) in [6, 6.07) is 8.38. The summed E-state index contributed by atoms with van der Waals surface area (Å²) in [4.78, 5) is 2.60. The topological polar surface area (TPSA) is 38.5 Å². The minimum Gasteiger partial charge on any atom is -0.496 e. The average Bonchev–Trinajstić information content (AvgIpc) is 2.50. The largest absolute Gasteiger partial charge is 0.496 e. The van der Waals surface area contributed by atoms with Gasteiger partial charge in [0.25, 0.3) is 0 Å². The molecule has 3 fully saturated rings. The van der Waals surface area contributed by atoms with E-state index >= 15 is 0 Å². The predicted octanol–water partition coefficient (Wildman–Crippen LogP) is 2.08. The number of benzene rings is 1. The van der Waals surface area contributed by atoms with Crippen molar-refractivity contribution in [1.29, 1.82) is 0 Å². The van der Waals surface area contributed by atoms with Gasteiger partial charge >= 0.3 is 0 Å². The van der Waals surface area contributed by atoms with Gasteiger partial charge in [-0.05, 0) is 55.9 Å². The first-order chi connectivity index (χ1) is 9.33. The summed E-state index contributed by atoms with van der Waals surface area (Å²) in [5, 5.41) is 0. The average molecular weight is 260 g/mol. The van der Waals surface area contributed by atoms with Crippen LogP contribution in [0.25, 0.3) is 0 Å². The van der Waals surface area contributed by atoms with E-state index in [9.17, 15) is 0 Å². The Hall–Kier alpha value is -1.06. The Labute approximate surface area is 115 Å². The highest BCUT2D eigenvalue weighted by molar-refractivity contribution is 5.37. The highest BCUT2D eigenvalue weighted by Crippen LogP contribution is 2.42. The van der Waals surface area contributed by atoms with E-state index in [0.29, 0.717) is 11.8 Å². The lowest BCUT2D eigenvalue weighted by molar-refractivity contribution is 0.0375. The lowest BCUT2D eigenvalue weighted by Crippen LogP contribution is -2.50. The molecule has 0 radical (unpaired) electrons. The quantitative estimate of drug-likeness (QED) is 0.901. The van der Waals surface area contributed by atoms with Crippen molar-refractivity contribution in [2.75, 3.05) is 33.3 Å². The Balaban J connectivity index is 1.88. The molecule has 0 aliphatic carbocycles. The molecule has 3 aliphatic rings. The number of piperidine rings is 3. The van der Waals surface area contributed by atoms with E-state index in [2.05, 4.69) is 23.1 Å². The summed E-state index contributed by atoms with van der Waals surface area (Å²) in [5.41, 5.74) is 7.41. The van der Waals surface area contributed by atoms with Crippen LogP contribution in [-0.2, 0) is 0 Å². The van der Waals surface area contributed by atoms with Crippen molar-refractivity contribution in [3.05, 3.63) is 29.8 Å². The van der Waals surface area contributed by atoms with Gasteiger partial charge in [0.1, 0.15) is 5.75 Å². The minimum absolute atomic E-state index is 0.434. The molecule has 104 valence electrons. The number of nitrogens with zero attached hydrogens (tertiary/aromatic N) is 1. The fourth-order valence-electron chi connectivity index (χ4n) is 3.97. The minimum atomic E-state index is 0.434. The zero-order valence-corrected chi connectivity index (χ0v) is 11.7. The monoisotopic (exact) mass is 260 g/mol. The molecule has 1 aromatic carbocycles. The van der Waals surface area contributed by atoms with Crippen molar-refractivity contribution >= 4 is 0 Å². The molecular weight excluding hydrogens is 236 g/mol. The van der Waals surface area contributed by atoms with Crippen molar-refractivity contribution in [3.63, 3.8) is 0 Å². The van der Waals surface area contributed by atoms with Crippen molar-refractivity contribution < 1.29 is 4.74 Å². The van der Waals surface area contributed by atoms with Gasteiger partial charge in [-0.15, -0.1) is 0 Å². The molecule has 3 aliphatic heterocycles. The van der Waals surface area contributed by atoms with E-state index in [1.54, 1.807) is 7.11 Å². The maximum Gasteiger partial charge on any atom is 0.122 e. The summed E-state index contributed by atoms with van der Waals surface area (Å²) in [6.45, 7) is 4.49. The van der Waals surface area contributed by atoms with E-state index in [1.807, 2.05) is 6.07 Å². The van der Waals surface area contributed by atoms with Crippen LogP contribution in [0.1, 0.15) is 24.3 Å². The highest BCUT2D eigenvalue weighted by atomic mass is 16.5. The first kappa shape index (κ1) is 12.9. The summed E-state index contributed by atoms with van der Waals surface area (Å²) >= 11 is 0.